The molecule has 31 heteroatoms. The molecule has 22 aliphatic heterocycles. The maximum absolute atomic E-state index is 11.7. The lowest BCUT2D eigenvalue weighted by atomic mass is 9.94. The molecule has 22 saturated heterocycles. The molecule has 0 aromatic heterocycles. The molecule has 0 aliphatic carbocycles. The van der Waals surface area contributed by atoms with Crippen molar-refractivity contribution < 1.29 is 153 Å². The highest BCUT2D eigenvalue weighted by molar-refractivity contribution is 5.01. The van der Waals surface area contributed by atoms with Crippen LogP contribution in [0.5, 0.6) is 0 Å². The van der Waals surface area contributed by atoms with Crippen LogP contribution in [0.3, 0.4) is 0 Å². The van der Waals surface area contributed by atoms with E-state index in [0.717, 1.165) is 13.8 Å². The van der Waals surface area contributed by atoms with Gasteiger partial charge in [-0.25, -0.2) is 0 Å². The Kier molecular flexibility index (Phi) is 18.8. The Labute approximate surface area is 396 Å². The Balaban J connectivity index is 1.22. The summed E-state index contributed by atoms with van der Waals surface area (Å²) in [5.74, 6) is -2.12. The maximum atomic E-state index is 11.7. The lowest BCUT2D eigenvalue weighted by Crippen LogP contribution is -2.69. The highest BCUT2D eigenvalue weighted by atomic mass is 16.8. The molecule has 31 nitrogen and oxygen atoms in total. The molecule has 22 fully saturated rings. The Hall–Kier alpha value is -1.24. The SMILES string of the molecule is CC(C)(O)O[C@@H]1[C@@H](O)[C@H]2O[C@H]3[C@H](O)[C@@H](O)[C@@H](O[C@H]4[C@H](O)[C@@H](O)[C@@H](O[C@H]5[C@H](O)[C@@H](O)[C@@H](O[C@H]6[C@H](O)[C@@H](O)[C@@H](O[C@H]7[C@H](O)[C@@H](O)[C@@H](O[C@H]1[C@@H](CO)O2)O[C@@H]7CO)O[C@@H]6CO)O[C@@H]5CO)O[C@@H]4CO)O[C@@H]3CO. The van der Waals surface area contributed by atoms with Gasteiger partial charge < -0.3 is 153 Å². The van der Waals surface area contributed by atoms with E-state index in [1.807, 2.05) is 0 Å². The van der Waals surface area contributed by atoms with Crippen LogP contribution in [0.2, 0.25) is 0 Å². The number of hydrogen-bond acceptors (Lipinski definition) is 31. The fourth-order valence-electron chi connectivity index (χ4n) is 9.38. The van der Waals surface area contributed by atoms with Gasteiger partial charge in [-0.3, -0.25) is 0 Å². The van der Waals surface area contributed by atoms with Crippen LogP contribution in [0.25, 0.3) is 0 Å². The van der Waals surface area contributed by atoms with Crippen LogP contribution in [-0.4, -0.2) is 322 Å². The average Bonchev–Trinajstić information content (AvgIpc) is 3.33. The van der Waals surface area contributed by atoms with Crippen molar-refractivity contribution in [2.45, 2.75) is 204 Å². The van der Waals surface area contributed by atoms with Crippen molar-refractivity contribution in [1.82, 2.24) is 0 Å². The smallest absolute Gasteiger partial charge is 0.187 e. The van der Waals surface area contributed by atoms with Gasteiger partial charge in [0.15, 0.2) is 43.5 Å². The number of aliphatic hydroxyl groups excluding tert-OH is 17. The molecule has 22 rings (SSSR count). The van der Waals surface area contributed by atoms with E-state index in [4.69, 9.17) is 61.6 Å². The first-order valence-corrected chi connectivity index (χ1v) is 22.5. The van der Waals surface area contributed by atoms with Gasteiger partial charge in [0, 0.05) is 0 Å². The highest BCUT2D eigenvalue weighted by Crippen LogP contribution is 2.39. The van der Waals surface area contributed by atoms with Crippen LogP contribution in [0.4, 0.5) is 0 Å². The van der Waals surface area contributed by atoms with Crippen molar-refractivity contribution in [1.29, 1.82) is 0 Å². The molecular formula is C39H66O31. The van der Waals surface area contributed by atoms with Gasteiger partial charge in [0.05, 0.1) is 39.6 Å². The van der Waals surface area contributed by atoms with Crippen LogP contribution < -0.4 is 0 Å². The van der Waals surface area contributed by atoms with E-state index < -0.39 is 230 Å². The first kappa shape index (κ1) is 56.5. The number of rotatable bonds is 8. The third-order valence-electron chi connectivity index (χ3n) is 13.1. The summed E-state index contributed by atoms with van der Waals surface area (Å²) < 4.78 is 74.6. The molecule has 0 amide bonds. The molecule has 30 atom stereocenters. The minimum atomic E-state index is -2.17. The second-order valence-electron chi connectivity index (χ2n) is 18.4. The van der Waals surface area contributed by atoms with Gasteiger partial charge >= 0.3 is 0 Å². The van der Waals surface area contributed by atoms with Gasteiger partial charge in [0.1, 0.15) is 146 Å². The molecule has 0 saturated carbocycles. The zero-order chi connectivity index (χ0) is 51.3. The average molecular weight is 1030 g/mol. The molecule has 0 aromatic rings. The van der Waals surface area contributed by atoms with Crippen molar-refractivity contribution >= 4 is 0 Å². The monoisotopic (exact) mass is 1030 g/mol. The molecule has 0 aromatic carbocycles. The first-order valence-electron chi connectivity index (χ1n) is 22.5. The molecule has 0 unspecified atom stereocenters. The quantitative estimate of drug-likeness (QED) is 0.100. The van der Waals surface area contributed by atoms with E-state index in [2.05, 4.69) is 0 Å². The molecule has 0 spiro atoms. The standard InChI is InChI=1S/C39H66O31/c1-39(2,57)70-32-25(56)38-63-14(8-45)31(32)69-37-24(55)19(50)29(12(6-43)62-37)67-35-22(53)17(48)27(10(4-41)60-35)65-33-20(51)15(46)26(9(3-40)58-33)64-34-21(52)16(47)28(11(5-42)59-34)66-36-23(54)18(49)30(68-38)13(7-44)61-36/h9-38,40-57H,3-8H2,1-2H3/t9-,10-,11-,12-,13-,14-,15-,16-,17-,18-,19-,20-,21-,22-,23-,24-,25-,26-,27-,28-,29-,30-,31+,32-,33-,34-,35-,36-,37-,38-/m1/s1. The zero-order valence-corrected chi connectivity index (χ0v) is 37.4. The summed E-state index contributed by atoms with van der Waals surface area (Å²) in [5, 5.41) is 198. The van der Waals surface area contributed by atoms with E-state index in [9.17, 15) is 91.9 Å². The third-order valence-corrected chi connectivity index (χ3v) is 13.1. The Morgan fingerprint density at radius 3 is 0.671 bits per heavy atom. The van der Waals surface area contributed by atoms with E-state index in [1.165, 1.54) is 0 Å². The second-order valence-corrected chi connectivity index (χ2v) is 18.4. The van der Waals surface area contributed by atoms with E-state index in [-0.39, 0.29) is 0 Å². The topological polar surface area (TPSA) is 484 Å². The minimum absolute atomic E-state index is 1.00. The van der Waals surface area contributed by atoms with Crippen molar-refractivity contribution in [2.24, 2.45) is 0 Å². The van der Waals surface area contributed by atoms with Crippen LogP contribution in [-0.2, 0) is 61.6 Å². The van der Waals surface area contributed by atoms with Crippen molar-refractivity contribution in [2.75, 3.05) is 39.6 Å². The van der Waals surface area contributed by atoms with Crippen molar-refractivity contribution in [3.63, 3.8) is 0 Å². The first-order chi connectivity index (χ1) is 33.1. The summed E-state index contributed by atoms with van der Waals surface area (Å²) in [6.45, 7) is -3.78. The Morgan fingerprint density at radius 1 is 0.286 bits per heavy atom. The lowest BCUT2D eigenvalue weighted by molar-refractivity contribution is -0.409. The summed E-state index contributed by atoms with van der Waals surface area (Å²) in [7, 11) is 0. The van der Waals surface area contributed by atoms with Crippen LogP contribution >= 0.6 is 0 Å². The van der Waals surface area contributed by atoms with Crippen LogP contribution in [0, 0.1) is 0 Å². The van der Waals surface area contributed by atoms with Crippen molar-refractivity contribution in [3.05, 3.63) is 0 Å². The third kappa shape index (κ3) is 11.3. The summed E-state index contributed by atoms with van der Waals surface area (Å²) in [6, 6.07) is 0. The summed E-state index contributed by atoms with van der Waals surface area (Å²) >= 11 is 0. The molecule has 70 heavy (non-hydrogen) atoms. The predicted octanol–water partition coefficient (Wildman–Crippen LogP) is -12.3. The number of aliphatic hydroxyl groups is 18. The molecule has 408 valence electrons. The van der Waals surface area contributed by atoms with E-state index >= 15 is 0 Å². The molecule has 12 bridgehead atoms. The molecule has 22 aliphatic rings. The van der Waals surface area contributed by atoms with Gasteiger partial charge in [-0.1, -0.05) is 0 Å². The molecular weight excluding hydrogens is 964 g/mol. The van der Waals surface area contributed by atoms with E-state index in [0.29, 0.717) is 0 Å². The summed E-state index contributed by atoms with van der Waals surface area (Å²) in [6.07, 6.45) is -58.5. The summed E-state index contributed by atoms with van der Waals surface area (Å²) in [5.41, 5.74) is 0. The summed E-state index contributed by atoms with van der Waals surface area (Å²) in [4.78, 5) is 0. The van der Waals surface area contributed by atoms with Gasteiger partial charge in [-0.15, -0.1) is 0 Å². The maximum Gasteiger partial charge on any atom is 0.187 e. The van der Waals surface area contributed by atoms with Gasteiger partial charge in [-0.2, -0.15) is 0 Å². The number of ether oxygens (including phenoxy) is 13. The van der Waals surface area contributed by atoms with E-state index in [1.54, 1.807) is 0 Å². The van der Waals surface area contributed by atoms with Gasteiger partial charge in [0.2, 0.25) is 0 Å². The predicted molar refractivity (Wildman–Crippen MR) is 211 cm³/mol. The molecule has 22 heterocycles. The van der Waals surface area contributed by atoms with Gasteiger partial charge in [-0.05, 0) is 13.8 Å². The Morgan fingerprint density at radius 2 is 0.471 bits per heavy atom. The normalized spacial score (nSPS) is 53.1. The zero-order valence-electron chi connectivity index (χ0n) is 37.4. The Bertz CT molecular complexity index is 1620. The minimum Gasteiger partial charge on any atom is -0.394 e. The fourth-order valence-corrected chi connectivity index (χ4v) is 9.38. The second kappa shape index (κ2) is 23.3. The molecule has 18 N–H and O–H groups in total. The fraction of sp³-hybridized carbons (Fsp3) is 1.00. The molecule has 0 radical (unpaired) electrons. The number of hydrogen-bond donors (Lipinski definition) is 18. The van der Waals surface area contributed by atoms with Gasteiger partial charge in [0.25, 0.3) is 0 Å². The van der Waals surface area contributed by atoms with Crippen LogP contribution in [0.15, 0.2) is 0 Å². The lowest BCUT2D eigenvalue weighted by Gasteiger charge is -2.51. The highest BCUT2D eigenvalue weighted by Gasteiger charge is 2.59. The largest absolute Gasteiger partial charge is 0.394 e. The van der Waals surface area contributed by atoms with Crippen molar-refractivity contribution in [3.8, 4) is 0 Å². The van der Waals surface area contributed by atoms with Crippen LogP contribution in [0.1, 0.15) is 13.8 Å².